The monoisotopic (exact) mass is 324 g/mol. The van der Waals surface area contributed by atoms with Gasteiger partial charge in [-0.25, -0.2) is 0 Å². The first-order chi connectivity index (χ1) is 5.68. The summed E-state index contributed by atoms with van der Waals surface area (Å²) in [5.74, 6) is 0. The van der Waals surface area contributed by atoms with Gasteiger partial charge in [0.25, 0.3) is 0 Å². The second-order valence-corrected chi connectivity index (χ2v) is 14.9. The van der Waals surface area contributed by atoms with Crippen molar-refractivity contribution in [2.75, 3.05) is 13.3 Å². The van der Waals surface area contributed by atoms with Gasteiger partial charge >= 0.3 is 97.9 Å². The summed E-state index contributed by atoms with van der Waals surface area (Å²) in [4.78, 5) is 0. The van der Waals surface area contributed by atoms with Crippen molar-refractivity contribution in [2.24, 2.45) is 0 Å². The Morgan fingerprint density at radius 1 is 1.07 bits per heavy atom. The topological polar surface area (TPSA) is 0 Å². The van der Waals surface area contributed by atoms with Crippen LogP contribution in [0, 0.1) is 0 Å². The Bertz CT molecular complexity index is 336. The van der Waals surface area contributed by atoms with Crippen LogP contribution in [0.3, 0.4) is 0 Å². The van der Waals surface area contributed by atoms with Gasteiger partial charge in [0.05, 0.1) is 0 Å². The molecule has 0 atom stereocenters. The molecule has 0 aliphatic heterocycles. The molecule has 0 bridgehead atoms. The Labute approximate surface area is 119 Å². The minimum Gasteiger partial charge on any atom is 0 e. The zero-order valence-corrected chi connectivity index (χ0v) is 13.2. The van der Waals surface area contributed by atoms with Crippen LogP contribution < -0.4 is 5.30 Å². The molecule has 0 saturated carbocycles. The molecule has 0 saturated heterocycles. The van der Waals surface area contributed by atoms with Crippen molar-refractivity contribution in [1.29, 1.82) is 0 Å². The predicted octanol–water partition coefficient (Wildman–Crippen LogP) is 4.74. The van der Waals surface area contributed by atoms with E-state index in [1.807, 2.05) is 6.07 Å². The van der Waals surface area contributed by atoms with E-state index in [1.165, 1.54) is 0 Å². The van der Waals surface area contributed by atoms with Gasteiger partial charge in [-0.3, -0.25) is 0 Å². The number of rotatable bonds is 1. The Morgan fingerprint density at radius 2 is 1.57 bits per heavy atom. The quantitative estimate of drug-likeness (QED) is 0.517. The molecule has 0 unspecified atom stereocenters. The first kappa shape index (κ1) is 15.5. The summed E-state index contributed by atoms with van der Waals surface area (Å²) in [7, 11) is 0. The molecular formula is C8H9Cl4PTi. The van der Waals surface area contributed by atoms with E-state index in [0.717, 1.165) is 5.30 Å². The van der Waals surface area contributed by atoms with E-state index in [2.05, 4.69) is 0 Å². The number of hydrogen-bond acceptors (Lipinski definition) is 0. The third-order valence-electron chi connectivity index (χ3n) is 1.60. The molecule has 0 nitrogen and oxygen atoms in total. The minimum absolute atomic E-state index is 0. The van der Waals surface area contributed by atoms with Crippen molar-refractivity contribution in [3.63, 3.8) is 0 Å². The molecular weight excluding hydrogens is 317 g/mol. The zero-order chi connectivity index (χ0) is 10.3. The number of hydrogen-bond donors (Lipinski definition) is 0. The van der Waals surface area contributed by atoms with Gasteiger partial charge in [-0.05, 0) is 0 Å². The SMILES string of the molecule is CP(C)(Cl)(Cl)c1cccc(Cl)c1Cl.[Ti]. The van der Waals surface area contributed by atoms with Crippen LogP contribution in [0.4, 0.5) is 0 Å². The van der Waals surface area contributed by atoms with E-state index in [9.17, 15) is 0 Å². The maximum Gasteiger partial charge on any atom is 0 e. The minimum atomic E-state index is -2.84. The van der Waals surface area contributed by atoms with Gasteiger partial charge in [0.1, 0.15) is 0 Å². The molecule has 0 aromatic heterocycles. The maximum absolute atomic E-state index is 6.24. The van der Waals surface area contributed by atoms with Crippen LogP contribution in [0.2, 0.25) is 10.0 Å². The van der Waals surface area contributed by atoms with Gasteiger partial charge in [0.15, 0.2) is 0 Å². The summed E-state index contributed by atoms with van der Waals surface area (Å²) in [6.07, 6.45) is 0. The molecule has 0 radical (unpaired) electrons. The van der Waals surface area contributed by atoms with Crippen molar-refractivity contribution in [3.05, 3.63) is 28.2 Å². The van der Waals surface area contributed by atoms with Gasteiger partial charge in [-0.15, -0.1) is 0 Å². The van der Waals surface area contributed by atoms with Crippen molar-refractivity contribution in [2.45, 2.75) is 0 Å². The zero-order valence-electron chi connectivity index (χ0n) is 7.69. The van der Waals surface area contributed by atoms with E-state index in [-0.39, 0.29) is 21.7 Å². The molecule has 0 aliphatic rings. The molecule has 0 fully saturated rings. The van der Waals surface area contributed by atoms with Gasteiger partial charge in [0.2, 0.25) is 0 Å². The largest absolute Gasteiger partial charge is 0 e. The molecule has 1 rings (SSSR count). The van der Waals surface area contributed by atoms with Crippen molar-refractivity contribution in [1.82, 2.24) is 0 Å². The fourth-order valence-electron chi connectivity index (χ4n) is 0.968. The van der Waals surface area contributed by atoms with E-state index >= 15 is 0 Å². The standard InChI is InChI=1S/C8H9Cl4P.Ti/c1-13(2,11,12)7-5-3-4-6(9)8(7)10;/h3-5H,1-2H3;. The van der Waals surface area contributed by atoms with Crippen molar-refractivity contribution >= 4 is 56.3 Å². The molecule has 1 aromatic carbocycles. The van der Waals surface area contributed by atoms with Crippen LogP contribution in [-0.4, -0.2) is 13.3 Å². The molecule has 6 heteroatoms. The average molecular weight is 326 g/mol. The summed E-state index contributed by atoms with van der Waals surface area (Å²) < 4.78 is 0. The molecule has 14 heavy (non-hydrogen) atoms. The second kappa shape index (κ2) is 4.80. The summed E-state index contributed by atoms with van der Waals surface area (Å²) >= 11 is 24.3. The summed E-state index contributed by atoms with van der Waals surface area (Å²) in [5, 5.41) is -1.17. The summed E-state index contributed by atoms with van der Waals surface area (Å²) in [6, 6.07) is 5.32. The Kier molecular flexibility index (Phi) is 5.32. The van der Waals surface area contributed by atoms with Gasteiger partial charge in [-0.1, -0.05) is 0 Å². The van der Waals surface area contributed by atoms with Crippen molar-refractivity contribution in [3.8, 4) is 0 Å². The normalized spacial score (nSPS) is 14.0. The van der Waals surface area contributed by atoms with Crippen LogP contribution >= 0.6 is 51.0 Å². The smallest absolute Gasteiger partial charge is 0 e. The Hall–Kier alpha value is 1.52. The third kappa shape index (κ3) is 3.83. The van der Waals surface area contributed by atoms with Crippen LogP contribution in [0.15, 0.2) is 18.2 Å². The molecule has 0 spiro atoms. The van der Waals surface area contributed by atoms with E-state index in [1.54, 1.807) is 25.5 Å². The van der Waals surface area contributed by atoms with Gasteiger partial charge in [-0.2, -0.15) is 0 Å². The summed E-state index contributed by atoms with van der Waals surface area (Å²) in [5.41, 5.74) is 0. The molecule has 1 aromatic rings. The fraction of sp³-hybridized carbons (Fsp3) is 0.250. The fourth-order valence-corrected chi connectivity index (χ4v) is 4.36. The Balaban J connectivity index is 0.00000169. The van der Waals surface area contributed by atoms with E-state index in [4.69, 9.17) is 45.7 Å². The number of benzene rings is 1. The molecule has 0 heterocycles. The van der Waals surface area contributed by atoms with Crippen molar-refractivity contribution < 1.29 is 21.7 Å². The van der Waals surface area contributed by atoms with Crippen LogP contribution in [0.5, 0.6) is 0 Å². The van der Waals surface area contributed by atoms with E-state index in [0.29, 0.717) is 10.0 Å². The molecule has 0 amide bonds. The predicted molar refractivity (Wildman–Crippen MR) is 66.6 cm³/mol. The maximum atomic E-state index is 6.24. The third-order valence-corrected chi connectivity index (χ3v) is 5.34. The first-order valence-electron chi connectivity index (χ1n) is 3.58. The molecule has 0 N–H and O–H groups in total. The first-order valence-corrected chi connectivity index (χ1v) is 9.27. The molecule has 0 aliphatic carbocycles. The summed E-state index contributed by atoms with van der Waals surface area (Å²) in [6.45, 7) is 3.60. The van der Waals surface area contributed by atoms with Crippen LogP contribution in [-0.2, 0) is 21.7 Å². The number of halogens is 4. The van der Waals surface area contributed by atoms with Crippen LogP contribution in [0.25, 0.3) is 0 Å². The van der Waals surface area contributed by atoms with Gasteiger partial charge < -0.3 is 0 Å². The van der Waals surface area contributed by atoms with E-state index < -0.39 is 5.31 Å². The Morgan fingerprint density at radius 3 is 1.93 bits per heavy atom. The molecule has 78 valence electrons. The average Bonchev–Trinajstić information content (AvgIpc) is 1.90. The van der Waals surface area contributed by atoms with Gasteiger partial charge in [0, 0.05) is 21.7 Å². The van der Waals surface area contributed by atoms with Crippen LogP contribution in [0.1, 0.15) is 0 Å². The second-order valence-electron chi connectivity index (χ2n) is 3.38.